The zero-order chi connectivity index (χ0) is 11.8. The number of likely N-dealkylation sites (tertiary alicyclic amines) is 1. The molecule has 2 fully saturated rings. The zero-order valence-electron chi connectivity index (χ0n) is 10.8. The second-order valence-electron chi connectivity index (χ2n) is 6.11. The van der Waals surface area contributed by atoms with E-state index in [-0.39, 0.29) is 0 Å². The lowest BCUT2D eigenvalue weighted by Crippen LogP contribution is -2.24. The normalized spacial score (nSPS) is 33.9. The van der Waals surface area contributed by atoms with Crippen molar-refractivity contribution in [2.45, 2.75) is 39.5 Å². The lowest BCUT2D eigenvalue weighted by atomic mass is 9.83. The third-order valence-corrected chi connectivity index (χ3v) is 4.76. The van der Waals surface area contributed by atoms with Gasteiger partial charge in [-0.15, -0.1) is 0 Å². The number of hydrogen-bond donors (Lipinski definition) is 0. The molecule has 0 aromatic rings. The molecule has 1 nitrogen and oxygen atoms in total. The average molecular weight is 219 g/mol. The maximum atomic E-state index is 4.07. The van der Waals surface area contributed by atoms with E-state index in [1.165, 1.54) is 38.8 Å². The number of hydrogen-bond acceptors (Lipinski definition) is 1. The van der Waals surface area contributed by atoms with E-state index in [2.05, 4.69) is 31.9 Å². The molecule has 1 spiro atoms. The SMILES string of the molecule is C=CC(=C)N1CCC2(CCC(C(C)C)C2)C1. The summed E-state index contributed by atoms with van der Waals surface area (Å²) in [6, 6.07) is 0. The maximum Gasteiger partial charge on any atom is 0.0287 e. The van der Waals surface area contributed by atoms with Crippen LogP contribution in [0.5, 0.6) is 0 Å². The summed E-state index contributed by atoms with van der Waals surface area (Å²) in [6.45, 7) is 15.1. The van der Waals surface area contributed by atoms with Crippen LogP contribution in [0, 0.1) is 17.3 Å². The summed E-state index contributed by atoms with van der Waals surface area (Å²) in [5.74, 6) is 1.81. The van der Waals surface area contributed by atoms with Gasteiger partial charge in [0, 0.05) is 18.8 Å². The predicted octanol–water partition coefficient (Wildman–Crippen LogP) is 3.83. The molecule has 0 radical (unpaired) electrons. The van der Waals surface area contributed by atoms with Gasteiger partial charge in [-0.3, -0.25) is 0 Å². The quantitative estimate of drug-likeness (QED) is 0.652. The second kappa shape index (κ2) is 4.27. The summed E-state index contributed by atoms with van der Waals surface area (Å²) in [5, 5.41) is 0. The van der Waals surface area contributed by atoms with Crippen LogP contribution in [0.15, 0.2) is 24.9 Å². The van der Waals surface area contributed by atoms with E-state index < -0.39 is 0 Å². The summed E-state index contributed by atoms with van der Waals surface area (Å²) in [4.78, 5) is 2.43. The maximum absolute atomic E-state index is 4.07. The Morgan fingerprint density at radius 2 is 2.19 bits per heavy atom. The third-order valence-electron chi connectivity index (χ3n) is 4.76. The van der Waals surface area contributed by atoms with E-state index in [9.17, 15) is 0 Å². The van der Waals surface area contributed by atoms with Crippen LogP contribution in [-0.2, 0) is 0 Å². The number of rotatable bonds is 3. The molecule has 0 aromatic heterocycles. The fourth-order valence-corrected chi connectivity index (χ4v) is 3.50. The van der Waals surface area contributed by atoms with Gasteiger partial charge in [-0.25, -0.2) is 0 Å². The van der Waals surface area contributed by atoms with Crippen molar-refractivity contribution in [3.05, 3.63) is 24.9 Å². The molecule has 1 saturated carbocycles. The van der Waals surface area contributed by atoms with Crippen LogP contribution in [0.4, 0.5) is 0 Å². The fourth-order valence-electron chi connectivity index (χ4n) is 3.50. The zero-order valence-corrected chi connectivity index (χ0v) is 10.8. The smallest absolute Gasteiger partial charge is 0.0287 e. The van der Waals surface area contributed by atoms with E-state index >= 15 is 0 Å². The van der Waals surface area contributed by atoms with Crippen LogP contribution in [0.1, 0.15) is 39.5 Å². The van der Waals surface area contributed by atoms with Crippen LogP contribution in [-0.4, -0.2) is 18.0 Å². The van der Waals surface area contributed by atoms with Gasteiger partial charge in [-0.1, -0.05) is 27.0 Å². The Hall–Kier alpha value is -0.720. The summed E-state index contributed by atoms with van der Waals surface area (Å²) >= 11 is 0. The Labute approximate surface area is 100 Å². The van der Waals surface area contributed by atoms with E-state index in [1.807, 2.05) is 6.08 Å². The fraction of sp³-hybridized carbons (Fsp3) is 0.733. The molecule has 1 saturated heterocycles. The first-order valence-electron chi connectivity index (χ1n) is 6.63. The molecule has 2 unspecified atom stereocenters. The topological polar surface area (TPSA) is 3.24 Å². The predicted molar refractivity (Wildman–Crippen MR) is 70.1 cm³/mol. The van der Waals surface area contributed by atoms with Gasteiger partial charge in [-0.05, 0) is 49.0 Å². The van der Waals surface area contributed by atoms with Gasteiger partial charge in [0.15, 0.2) is 0 Å². The Balaban J connectivity index is 1.98. The minimum absolute atomic E-state index is 0.612. The van der Waals surface area contributed by atoms with E-state index in [0.29, 0.717) is 5.41 Å². The van der Waals surface area contributed by atoms with Crippen molar-refractivity contribution < 1.29 is 0 Å². The van der Waals surface area contributed by atoms with Crippen LogP contribution in [0.3, 0.4) is 0 Å². The summed E-state index contributed by atoms with van der Waals surface area (Å²) < 4.78 is 0. The van der Waals surface area contributed by atoms with Gasteiger partial charge in [0.25, 0.3) is 0 Å². The standard InChI is InChI=1S/C15H25N/c1-5-13(4)16-9-8-15(11-16)7-6-14(10-15)12(2)3/h5,12,14H,1,4,6-11H2,2-3H3. The van der Waals surface area contributed by atoms with Crippen LogP contribution in [0.25, 0.3) is 0 Å². The Morgan fingerprint density at radius 3 is 2.75 bits per heavy atom. The van der Waals surface area contributed by atoms with Gasteiger partial charge >= 0.3 is 0 Å². The van der Waals surface area contributed by atoms with Gasteiger partial charge in [-0.2, -0.15) is 0 Å². The molecule has 1 aliphatic carbocycles. The molecule has 16 heavy (non-hydrogen) atoms. The molecule has 0 amide bonds. The largest absolute Gasteiger partial charge is 0.371 e. The molecule has 1 heterocycles. The lowest BCUT2D eigenvalue weighted by molar-refractivity contribution is 0.269. The van der Waals surface area contributed by atoms with E-state index in [1.54, 1.807) is 0 Å². The molecule has 2 aliphatic rings. The van der Waals surface area contributed by atoms with Crippen molar-refractivity contribution in [3.8, 4) is 0 Å². The highest BCUT2D eigenvalue weighted by Gasteiger charge is 2.44. The Bertz CT molecular complexity index is 292. The number of nitrogens with zero attached hydrogens (tertiary/aromatic N) is 1. The molecule has 2 atom stereocenters. The van der Waals surface area contributed by atoms with Gasteiger partial charge in [0.05, 0.1) is 0 Å². The lowest BCUT2D eigenvalue weighted by Gasteiger charge is -2.26. The van der Waals surface area contributed by atoms with Gasteiger partial charge in [0.1, 0.15) is 0 Å². The van der Waals surface area contributed by atoms with Crippen LogP contribution in [0.2, 0.25) is 0 Å². The van der Waals surface area contributed by atoms with Crippen molar-refractivity contribution in [1.82, 2.24) is 4.90 Å². The minimum atomic E-state index is 0.612. The molecule has 0 aromatic carbocycles. The van der Waals surface area contributed by atoms with Crippen molar-refractivity contribution in [2.24, 2.45) is 17.3 Å². The Kier molecular flexibility index (Phi) is 3.14. The third kappa shape index (κ3) is 2.05. The molecular weight excluding hydrogens is 194 g/mol. The first kappa shape index (κ1) is 11.8. The summed E-state index contributed by atoms with van der Waals surface area (Å²) in [5.41, 5.74) is 1.73. The second-order valence-corrected chi connectivity index (χ2v) is 6.11. The molecule has 2 rings (SSSR count). The monoisotopic (exact) mass is 219 g/mol. The van der Waals surface area contributed by atoms with E-state index in [4.69, 9.17) is 0 Å². The molecule has 1 aliphatic heterocycles. The highest BCUT2D eigenvalue weighted by atomic mass is 15.2. The summed E-state index contributed by atoms with van der Waals surface area (Å²) in [6.07, 6.45) is 7.56. The van der Waals surface area contributed by atoms with Crippen molar-refractivity contribution in [3.63, 3.8) is 0 Å². The average Bonchev–Trinajstić information content (AvgIpc) is 2.86. The van der Waals surface area contributed by atoms with Gasteiger partial charge in [0.2, 0.25) is 0 Å². The first-order chi connectivity index (χ1) is 7.56. The highest BCUT2D eigenvalue weighted by Crippen LogP contribution is 2.50. The Morgan fingerprint density at radius 1 is 1.44 bits per heavy atom. The number of allylic oxidation sites excluding steroid dienone is 1. The molecule has 0 N–H and O–H groups in total. The molecular formula is C15H25N. The van der Waals surface area contributed by atoms with Crippen molar-refractivity contribution in [2.75, 3.05) is 13.1 Å². The van der Waals surface area contributed by atoms with Crippen molar-refractivity contribution >= 4 is 0 Å². The minimum Gasteiger partial charge on any atom is -0.371 e. The summed E-state index contributed by atoms with van der Waals surface area (Å²) in [7, 11) is 0. The highest BCUT2D eigenvalue weighted by molar-refractivity contribution is 5.13. The van der Waals surface area contributed by atoms with E-state index in [0.717, 1.165) is 17.5 Å². The van der Waals surface area contributed by atoms with Crippen LogP contribution < -0.4 is 0 Å². The first-order valence-corrected chi connectivity index (χ1v) is 6.63. The van der Waals surface area contributed by atoms with Crippen molar-refractivity contribution in [1.29, 1.82) is 0 Å². The molecule has 1 heteroatoms. The van der Waals surface area contributed by atoms with Gasteiger partial charge < -0.3 is 4.90 Å². The van der Waals surface area contributed by atoms with Crippen LogP contribution >= 0.6 is 0 Å². The molecule has 90 valence electrons. The molecule has 0 bridgehead atoms.